The van der Waals surface area contributed by atoms with Crippen LogP contribution in [0.15, 0.2) is 11.2 Å². The van der Waals surface area contributed by atoms with Gasteiger partial charge in [0.25, 0.3) is 0 Å². The molecule has 1 heterocycles. The third kappa shape index (κ3) is 3.62. The molecule has 1 aliphatic carbocycles. The molecule has 6 nitrogen and oxygen atoms in total. The highest BCUT2D eigenvalue weighted by Gasteiger charge is 2.29. The van der Waals surface area contributed by atoms with Gasteiger partial charge in [-0.1, -0.05) is 19.0 Å². The van der Waals surface area contributed by atoms with Crippen molar-refractivity contribution in [3.8, 4) is 0 Å². The van der Waals surface area contributed by atoms with Gasteiger partial charge in [0, 0.05) is 18.8 Å². The van der Waals surface area contributed by atoms with E-state index in [9.17, 15) is 0 Å². The second-order valence-corrected chi connectivity index (χ2v) is 6.69. The maximum atomic E-state index is 8.80. The molecular weight excluding hydrogens is 266 g/mol. The molecule has 1 aliphatic rings. The van der Waals surface area contributed by atoms with Gasteiger partial charge in [0.05, 0.1) is 0 Å². The molecule has 1 aromatic rings. The average molecular weight is 291 g/mol. The van der Waals surface area contributed by atoms with Crippen molar-refractivity contribution in [2.75, 3.05) is 11.9 Å². The van der Waals surface area contributed by atoms with Crippen LogP contribution in [0.1, 0.15) is 50.9 Å². The zero-order valence-corrected chi connectivity index (χ0v) is 13.3. The molecule has 0 amide bonds. The lowest BCUT2D eigenvalue weighted by Crippen LogP contribution is -2.38. The van der Waals surface area contributed by atoms with Gasteiger partial charge in [-0.15, -0.1) is 0 Å². The Morgan fingerprint density at radius 3 is 2.57 bits per heavy atom. The standard InChI is InChI=1S/C15H25N5O/c1-10-9-12(13(16)19-21)18-14(17-10)20(4)11-5-7-15(2,3)8-6-11/h9,11,21H,5-8H2,1-4H3,(H2,16,19). The average Bonchev–Trinajstić information content (AvgIpc) is 2.45. The van der Waals surface area contributed by atoms with Gasteiger partial charge >= 0.3 is 0 Å². The highest BCUT2D eigenvalue weighted by Crippen LogP contribution is 2.37. The summed E-state index contributed by atoms with van der Waals surface area (Å²) in [5, 5.41) is 11.8. The summed E-state index contributed by atoms with van der Waals surface area (Å²) in [6.07, 6.45) is 4.70. The molecule has 3 N–H and O–H groups in total. The van der Waals surface area contributed by atoms with E-state index in [2.05, 4.69) is 33.9 Å². The highest BCUT2D eigenvalue weighted by atomic mass is 16.4. The summed E-state index contributed by atoms with van der Waals surface area (Å²) in [6, 6.07) is 2.16. The van der Waals surface area contributed by atoms with Gasteiger partial charge in [0.2, 0.25) is 5.95 Å². The number of rotatable bonds is 3. The fourth-order valence-electron chi connectivity index (χ4n) is 2.83. The summed E-state index contributed by atoms with van der Waals surface area (Å²) >= 11 is 0. The first-order chi connectivity index (χ1) is 9.82. The molecule has 0 aromatic carbocycles. The third-order valence-electron chi connectivity index (χ3n) is 4.38. The number of aryl methyl sites for hydroxylation is 1. The molecule has 0 aliphatic heterocycles. The molecular formula is C15H25N5O. The predicted octanol–water partition coefficient (Wildman–Crippen LogP) is 2.28. The van der Waals surface area contributed by atoms with Gasteiger partial charge in [-0.3, -0.25) is 0 Å². The topological polar surface area (TPSA) is 87.6 Å². The first kappa shape index (κ1) is 15.5. The Morgan fingerprint density at radius 2 is 2.00 bits per heavy atom. The van der Waals surface area contributed by atoms with E-state index in [0.717, 1.165) is 18.5 Å². The number of nitrogens with two attached hydrogens (primary N) is 1. The zero-order valence-electron chi connectivity index (χ0n) is 13.3. The van der Waals surface area contributed by atoms with E-state index in [1.54, 1.807) is 6.07 Å². The molecule has 1 saturated carbocycles. The predicted molar refractivity (Wildman–Crippen MR) is 83.7 cm³/mol. The second kappa shape index (κ2) is 5.87. The van der Waals surface area contributed by atoms with Gasteiger partial charge < -0.3 is 15.8 Å². The monoisotopic (exact) mass is 291 g/mol. The fraction of sp³-hybridized carbons (Fsp3) is 0.667. The van der Waals surface area contributed by atoms with Gasteiger partial charge in [-0.25, -0.2) is 9.97 Å². The molecule has 0 spiro atoms. The molecule has 2 rings (SSSR count). The van der Waals surface area contributed by atoms with E-state index in [1.807, 2.05) is 14.0 Å². The maximum absolute atomic E-state index is 8.80. The van der Waals surface area contributed by atoms with Crippen LogP contribution in [0, 0.1) is 12.3 Å². The third-order valence-corrected chi connectivity index (χ3v) is 4.38. The Balaban J connectivity index is 2.20. The number of oxime groups is 1. The Morgan fingerprint density at radius 1 is 1.38 bits per heavy atom. The minimum Gasteiger partial charge on any atom is -0.409 e. The van der Waals surface area contributed by atoms with Crippen LogP contribution in [0.5, 0.6) is 0 Å². The lowest BCUT2D eigenvalue weighted by molar-refractivity contribution is 0.222. The van der Waals surface area contributed by atoms with Crippen molar-refractivity contribution < 1.29 is 5.21 Å². The first-order valence-corrected chi connectivity index (χ1v) is 7.39. The van der Waals surface area contributed by atoms with Gasteiger partial charge in [-0.2, -0.15) is 0 Å². The van der Waals surface area contributed by atoms with Crippen LogP contribution in [0.25, 0.3) is 0 Å². The van der Waals surface area contributed by atoms with Crippen LogP contribution in [-0.2, 0) is 0 Å². The van der Waals surface area contributed by atoms with Gasteiger partial charge in [0.1, 0.15) is 5.69 Å². The van der Waals surface area contributed by atoms with Gasteiger partial charge in [0.15, 0.2) is 5.84 Å². The molecule has 0 bridgehead atoms. The summed E-state index contributed by atoms with van der Waals surface area (Å²) in [5.74, 6) is 0.654. The second-order valence-electron chi connectivity index (χ2n) is 6.69. The van der Waals surface area contributed by atoms with E-state index >= 15 is 0 Å². The molecule has 1 fully saturated rings. The van der Waals surface area contributed by atoms with Crippen LogP contribution < -0.4 is 10.6 Å². The smallest absolute Gasteiger partial charge is 0.226 e. The Hall–Kier alpha value is -1.85. The van der Waals surface area contributed by atoms with Crippen molar-refractivity contribution in [3.63, 3.8) is 0 Å². The number of nitrogens with zero attached hydrogens (tertiary/aromatic N) is 4. The van der Waals surface area contributed by atoms with Crippen molar-refractivity contribution in [3.05, 3.63) is 17.5 Å². The highest BCUT2D eigenvalue weighted by molar-refractivity contribution is 5.95. The van der Waals surface area contributed by atoms with Crippen molar-refractivity contribution in [1.82, 2.24) is 9.97 Å². The van der Waals surface area contributed by atoms with E-state index in [4.69, 9.17) is 10.9 Å². The summed E-state index contributed by atoms with van der Waals surface area (Å²) in [5.41, 5.74) is 7.34. The Labute approximate surface area is 126 Å². The molecule has 0 saturated heterocycles. The zero-order chi connectivity index (χ0) is 15.6. The molecule has 0 unspecified atom stereocenters. The Kier molecular flexibility index (Phi) is 4.34. The van der Waals surface area contributed by atoms with Crippen molar-refractivity contribution in [2.45, 2.75) is 52.5 Å². The van der Waals surface area contributed by atoms with E-state index in [0.29, 0.717) is 23.1 Å². The largest absolute Gasteiger partial charge is 0.409 e. The number of hydrogen-bond acceptors (Lipinski definition) is 5. The number of anilines is 1. The van der Waals surface area contributed by atoms with E-state index in [1.165, 1.54) is 12.8 Å². The molecule has 0 radical (unpaired) electrons. The first-order valence-electron chi connectivity index (χ1n) is 7.39. The maximum Gasteiger partial charge on any atom is 0.226 e. The van der Waals surface area contributed by atoms with Crippen molar-refractivity contribution >= 4 is 11.8 Å². The summed E-state index contributed by atoms with van der Waals surface area (Å²) in [4.78, 5) is 11.0. The minimum atomic E-state index is 0.0138. The summed E-state index contributed by atoms with van der Waals surface area (Å²) in [7, 11) is 2.02. The summed E-state index contributed by atoms with van der Waals surface area (Å²) < 4.78 is 0. The molecule has 0 atom stereocenters. The molecule has 116 valence electrons. The van der Waals surface area contributed by atoms with Crippen LogP contribution in [-0.4, -0.2) is 34.1 Å². The van der Waals surface area contributed by atoms with Crippen LogP contribution in [0.3, 0.4) is 0 Å². The van der Waals surface area contributed by atoms with Crippen molar-refractivity contribution in [2.24, 2.45) is 16.3 Å². The minimum absolute atomic E-state index is 0.0138. The number of amidine groups is 1. The molecule has 6 heteroatoms. The lowest BCUT2D eigenvalue weighted by Gasteiger charge is -2.38. The lowest BCUT2D eigenvalue weighted by atomic mass is 9.75. The van der Waals surface area contributed by atoms with E-state index < -0.39 is 0 Å². The quantitative estimate of drug-likeness (QED) is 0.386. The van der Waals surface area contributed by atoms with Crippen molar-refractivity contribution in [1.29, 1.82) is 0 Å². The van der Waals surface area contributed by atoms with Crippen LogP contribution in [0.2, 0.25) is 0 Å². The van der Waals surface area contributed by atoms with E-state index in [-0.39, 0.29) is 5.84 Å². The number of hydrogen-bond donors (Lipinski definition) is 2. The normalized spacial score (nSPS) is 19.5. The summed E-state index contributed by atoms with van der Waals surface area (Å²) in [6.45, 7) is 6.53. The van der Waals surface area contributed by atoms with Crippen LogP contribution in [0.4, 0.5) is 5.95 Å². The molecule has 1 aromatic heterocycles. The van der Waals surface area contributed by atoms with Gasteiger partial charge in [-0.05, 0) is 44.1 Å². The Bertz CT molecular complexity index is 531. The number of aromatic nitrogens is 2. The van der Waals surface area contributed by atoms with Crippen LogP contribution >= 0.6 is 0 Å². The SMILES string of the molecule is Cc1cc(/C(N)=N/O)nc(N(C)C2CCC(C)(C)CC2)n1. The fourth-order valence-corrected chi connectivity index (χ4v) is 2.83. The molecule has 21 heavy (non-hydrogen) atoms.